The molecule has 0 fully saturated rings. The van der Waals surface area contributed by atoms with Crippen LogP contribution in [0.2, 0.25) is 0 Å². The van der Waals surface area contributed by atoms with Crippen molar-refractivity contribution < 1.29 is 23.2 Å². The van der Waals surface area contributed by atoms with Crippen LogP contribution in [0.25, 0.3) is 0 Å². The summed E-state index contributed by atoms with van der Waals surface area (Å²) in [6, 6.07) is 3.12. The van der Waals surface area contributed by atoms with Gasteiger partial charge in [0.15, 0.2) is 0 Å². The number of aryl methyl sites for hydroxylation is 1. The highest BCUT2D eigenvalue weighted by atomic mass is 35.5. The van der Waals surface area contributed by atoms with Crippen molar-refractivity contribution in [1.29, 1.82) is 0 Å². The first-order valence-corrected chi connectivity index (χ1v) is 6.28. The Hall–Kier alpha value is -2.25. The molecular weight excluding hydrogens is 312 g/mol. The van der Waals surface area contributed by atoms with Gasteiger partial charge in [0, 0.05) is 0 Å². The SMILES string of the molecule is COC(=O)c1cc(CNC(=O)c2coc(CN)c2)oc1C.Cl. The third-order valence-electron chi connectivity index (χ3n) is 2.91. The van der Waals surface area contributed by atoms with Gasteiger partial charge < -0.3 is 24.6 Å². The Labute approximate surface area is 133 Å². The van der Waals surface area contributed by atoms with Crippen LogP contribution in [0.4, 0.5) is 0 Å². The summed E-state index contributed by atoms with van der Waals surface area (Å²) in [5, 5.41) is 2.66. The van der Waals surface area contributed by atoms with E-state index in [1.165, 1.54) is 13.4 Å². The first kappa shape index (κ1) is 17.8. The molecule has 0 aliphatic rings. The maximum atomic E-state index is 11.9. The van der Waals surface area contributed by atoms with Gasteiger partial charge in [0.1, 0.15) is 29.1 Å². The van der Waals surface area contributed by atoms with Crippen molar-refractivity contribution >= 4 is 24.3 Å². The first-order chi connectivity index (χ1) is 10.0. The number of hydrogen-bond donors (Lipinski definition) is 2. The summed E-state index contributed by atoms with van der Waals surface area (Å²) in [6.45, 7) is 2.04. The lowest BCUT2D eigenvalue weighted by Gasteiger charge is -1.99. The molecule has 0 atom stereocenters. The molecule has 0 saturated heterocycles. The summed E-state index contributed by atoms with van der Waals surface area (Å²) < 4.78 is 15.1. The van der Waals surface area contributed by atoms with Gasteiger partial charge in [-0.25, -0.2) is 4.79 Å². The molecule has 0 aromatic carbocycles. The third-order valence-corrected chi connectivity index (χ3v) is 2.91. The van der Waals surface area contributed by atoms with Gasteiger partial charge in [-0.1, -0.05) is 0 Å². The van der Waals surface area contributed by atoms with Gasteiger partial charge in [0.2, 0.25) is 0 Å². The van der Waals surface area contributed by atoms with E-state index in [1.54, 1.807) is 19.1 Å². The normalized spacial score (nSPS) is 9.95. The number of methoxy groups -OCH3 is 1. The Balaban J connectivity index is 0.00000242. The summed E-state index contributed by atoms with van der Waals surface area (Å²) in [5.74, 6) is 0.647. The number of halogens is 1. The van der Waals surface area contributed by atoms with Crippen molar-refractivity contribution in [3.05, 3.63) is 46.8 Å². The molecule has 1 amide bonds. The quantitative estimate of drug-likeness (QED) is 0.810. The van der Waals surface area contributed by atoms with Crippen molar-refractivity contribution in [3.63, 3.8) is 0 Å². The van der Waals surface area contributed by atoms with Crippen molar-refractivity contribution in [3.8, 4) is 0 Å². The number of ether oxygens (including phenoxy) is 1. The minimum Gasteiger partial charge on any atom is -0.467 e. The van der Waals surface area contributed by atoms with E-state index in [9.17, 15) is 9.59 Å². The molecule has 0 spiro atoms. The number of furan rings is 2. The number of esters is 1. The van der Waals surface area contributed by atoms with Crippen LogP contribution in [0.15, 0.2) is 27.2 Å². The fourth-order valence-corrected chi connectivity index (χ4v) is 1.82. The molecule has 2 aromatic heterocycles. The van der Waals surface area contributed by atoms with E-state index < -0.39 is 5.97 Å². The Morgan fingerprint density at radius 1 is 1.32 bits per heavy atom. The predicted molar refractivity (Wildman–Crippen MR) is 79.8 cm³/mol. The minimum absolute atomic E-state index is 0. The standard InChI is InChI=1S/C14H16N2O5.ClH/c1-8-12(14(18)19-2)4-11(21-8)6-16-13(17)9-3-10(5-15)20-7-9;/h3-4,7H,5-6,15H2,1-2H3,(H,16,17);1H. The molecule has 0 bridgehead atoms. The predicted octanol–water partition coefficient (Wildman–Crippen LogP) is 1.78. The highest BCUT2D eigenvalue weighted by Crippen LogP contribution is 2.16. The van der Waals surface area contributed by atoms with Crippen LogP contribution < -0.4 is 11.1 Å². The maximum Gasteiger partial charge on any atom is 0.341 e. The summed E-state index contributed by atoms with van der Waals surface area (Å²) in [7, 11) is 1.30. The molecule has 2 aromatic rings. The lowest BCUT2D eigenvalue weighted by Crippen LogP contribution is -2.22. The molecule has 120 valence electrons. The molecule has 2 rings (SSSR count). The lowest BCUT2D eigenvalue weighted by molar-refractivity contribution is 0.0598. The Kier molecular flexibility index (Phi) is 6.21. The lowest BCUT2D eigenvalue weighted by atomic mass is 10.2. The summed E-state index contributed by atoms with van der Waals surface area (Å²) in [6.07, 6.45) is 1.34. The van der Waals surface area contributed by atoms with Crippen LogP contribution in [-0.2, 0) is 17.8 Å². The van der Waals surface area contributed by atoms with Crippen molar-refractivity contribution in [2.75, 3.05) is 7.11 Å². The van der Waals surface area contributed by atoms with Gasteiger partial charge in [-0.05, 0) is 19.1 Å². The number of rotatable bonds is 5. The molecule has 0 unspecified atom stereocenters. The topological polar surface area (TPSA) is 108 Å². The third kappa shape index (κ3) is 3.90. The number of nitrogens with two attached hydrogens (primary N) is 1. The molecule has 0 aliphatic carbocycles. The highest BCUT2D eigenvalue weighted by molar-refractivity contribution is 5.94. The number of nitrogens with one attached hydrogen (secondary N) is 1. The zero-order valence-corrected chi connectivity index (χ0v) is 13.0. The van der Waals surface area contributed by atoms with Crippen LogP contribution in [-0.4, -0.2) is 19.0 Å². The van der Waals surface area contributed by atoms with Gasteiger partial charge in [-0.15, -0.1) is 12.4 Å². The van der Waals surface area contributed by atoms with E-state index in [1.807, 2.05) is 0 Å². The second-order valence-electron chi connectivity index (χ2n) is 4.36. The van der Waals surface area contributed by atoms with Gasteiger partial charge >= 0.3 is 5.97 Å². The van der Waals surface area contributed by atoms with Crippen molar-refractivity contribution in [2.24, 2.45) is 5.73 Å². The average Bonchev–Trinajstić information content (AvgIpc) is 3.10. The summed E-state index contributed by atoms with van der Waals surface area (Å²) in [4.78, 5) is 23.3. The fraction of sp³-hybridized carbons (Fsp3) is 0.286. The average molecular weight is 329 g/mol. The van der Waals surface area contributed by atoms with E-state index in [-0.39, 0.29) is 31.4 Å². The molecule has 3 N–H and O–H groups in total. The fourth-order valence-electron chi connectivity index (χ4n) is 1.82. The first-order valence-electron chi connectivity index (χ1n) is 6.28. The Bertz CT molecular complexity index is 662. The molecule has 0 aliphatic heterocycles. The van der Waals surface area contributed by atoms with E-state index in [0.717, 1.165) is 0 Å². The van der Waals surface area contributed by atoms with Gasteiger partial charge in [0.25, 0.3) is 5.91 Å². The molecule has 0 radical (unpaired) electrons. The van der Waals surface area contributed by atoms with Crippen LogP contribution in [0.1, 0.15) is 38.0 Å². The smallest absolute Gasteiger partial charge is 0.341 e. The monoisotopic (exact) mass is 328 g/mol. The molecule has 7 nitrogen and oxygen atoms in total. The van der Waals surface area contributed by atoms with E-state index in [4.69, 9.17) is 14.6 Å². The molecular formula is C14H17ClN2O5. The van der Waals surface area contributed by atoms with E-state index in [0.29, 0.717) is 28.4 Å². The number of amides is 1. The zero-order chi connectivity index (χ0) is 15.4. The minimum atomic E-state index is -0.476. The number of carbonyl (C=O) groups is 2. The van der Waals surface area contributed by atoms with E-state index >= 15 is 0 Å². The van der Waals surface area contributed by atoms with Gasteiger partial charge in [0.05, 0.1) is 25.8 Å². The van der Waals surface area contributed by atoms with Crippen LogP contribution in [0.5, 0.6) is 0 Å². The summed E-state index contributed by atoms with van der Waals surface area (Å²) in [5.41, 5.74) is 6.13. The molecule has 22 heavy (non-hydrogen) atoms. The van der Waals surface area contributed by atoms with Crippen LogP contribution in [0.3, 0.4) is 0 Å². The van der Waals surface area contributed by atoms with E-state index in [2.05, 4.69) is 10.1 Å². The molecule has 8 heteroatoms. The van der Waals surface area contributed by atoms with Crippen LogP contribution in [0, 0.1) is 6.92 Å². The van der Waals surface area contributed by atoms with Crippen LogP contribution >= 0.6 is 12.4 Å². The largest absolute Gasteiger partial charge is 0.467 e. The van der Waals surface area contributed by atoms with Gasteiger partial charge in [-0.2, -0.15) is 0 Å². The van der Waals surface area contributed by atoms with Gasteiger partial charge in [-0.3, -0.25) is 4.79 Å². The maximum absolute atomic E-state index is 11.9. The molecule has 0 saturated carbocycles. The summed E-state index contributed by atoms with van der Waals surface area (Å²) >= 11 is 0. The Morgan fingerprint density at radius 2 is 2.05 bits per heavy atom. The van der Waals surface area contributed by atoms with Crippen molar-refractivity contribution in [2.45, 2.75) is 20.0 Å². The second-order valence-corrected chi connectivity index (χ2v) is 4.36. The highest BCUT2D eigenvalue weighted by Gasteiger charge is 2.16. The second kappa shape index (κ2) is 7.67. The number of hydrogen-bond acceptors (Lipinski definition) is 6. The number of carbonyl (C=O) groups excluding carboxylic acids is 2. The molecule has 2 heterocycles. The van der Waals surface area contributed by atoms with Crippen molar-refractivity contribution in [1.82, 2.24) is 5.32 Å². The Morgan fingerprint density at radius 3 is 2.64 bits per heavy atom. The zero-order valence-electron chi connectivity index (χ0n) is 12.2.